The van der Waals surface area contributed by atoms with Gasteiger partial charge in [0.1, 0.15) is 23.9 Å². The minimum atomic E-state index is -1.68. The summed E-state index contributed by atoms with van der Waals surface area (Å²) in [5.74, 6) is -7.35. The lowest BCUT2D eigenvalue weighted by atomic mass is 10.0. The van der Waals surface area contributed by atoms with Crippen LogP contribution in [0, 0.1) is 0 Å². The van der Waals surface area contributed by atoms with Crippen LogP contribution in [0.3, 0.4) is 0 Å². The molecule has 0 fully saturated rings. The molecule has 1 rings (SSSR count). The Morgan fingerprint density at radius 2 is 1.29 bits per heavy atom. The standard InChI is InChI=1S/C20H26N4O10/c1-9(20(33)34)22-18(31)14(8-16(28)29)24-19(32)13(6-10-2-4-11(25)5-3-10)23-17(30)12(21)7-15(26)27/h2-5,9,12-14,25H,6-8,21H2,1H3,(H,22,31)(H,23,30)(H,24,32)(H,26,27)(H,28,29)(H,33,34). The van der Waals surface area contributed by atoms with Gasteiger partial charge in [-0.25, -0.2) is 0 Å². The molecule has 34 heavy (non-hydrogen) atoms. The summed E-state index contributed by atoms with van der Waals surface area (Å²) in [5.41, 5.74) is 5.97. The quantitative estimate of drug-likeness (QED) is 0.149. The molecule has 0 saturated heterocycles. The van der Waals surface area contributed by atoms with Crippen molar-refractivity contribution < 1.29 is 49.2 Å². The average molecular weight is 482 g/mol. The third-order valence-corrected chi connectivity index (χ3v) is 4.48. The molecule has 0 spiro atoms. The summed E-state index contributed by atoms with van der Waals surface area (Å²) in [6.07, 6.45) is -1.80. The Morgan fingerprint density at radius 3 is 1.79 bits per heavy atom. The molecule has 0 aromatic heterocycles. The second kappa shape index (κ2) is 12.7. The van der Waals surface area contributed by atoms with E-state index in [2.05, 4.69) is 10.6 Å². The Labute approximate surface area is 193 Å². The molecular weight excluding hydrogens is 456 g/mol. The van der Waals surface area contributed by atoms with E-state index in [1.807, 2.05) is 5.32 Å². The number of rotatable bonds is 13. The number of carbonyl (C=O) groups is 6. The molecule has 0 aliphatic heterocycles. The summed E-state index contributed by atoms with van der Waals surface area (Å²) in [6.45, 7) is 1.14. The maximum absolute atomic E-state index is 12.9. The molecule has 4 unspecified atom stereocenters. The first kappa shape index (κ1) is 27.8. The van der Waals surface area contributed by atoms with Gasteiger partial charge in [-0.3, -0.25) is 28.8 Å². The second-order valence-electron chi connectivity index (χ2n) is 7.36. The number of phenols is 1. The van der Waals surface area contributed by atoms with Crippen LogP contribution in [0.25, 0.3) is 0 Å². The Balaban J connectivity index is 3.11. The zero-order chi connectivity index (χ0) is 26.0. The van der Waals surface area contributed by atoms with Gasteiger partial charge in [0, 0.05) is 6.42 Å². The number of hydrogen-bond acceptors (Lipinski definition) is 8. The van der Waals surface area contributed by atoms with Gasteiger partial charge < -0.3 is 42.1 Å². The maximum atomic E-state index is 12.9. The molecule has 1 aromatic carbocycles. The summed E-state index contributed by atoms with van der Waals surface area (Å²) in [5, 5.41) is 42.7. The highest BCUT2D eigenvalue weighted by Crippen LogP contribution is 2.12. The first-order valence-electron chi connectivity index (χ1n) is 9.91. The summed E-state index contributed by atoms with van der Waals surface area (Å²) >= 11 is 0. The molecule has 0 bridgehead atoms. The predicted octanol–water partition coefficient (Wildman–Crippen LogP) is -2.23. The molecule has 0 aliphatic rings. The van der Waals surface area contributed by atoms with Gasteiger partial charge in [-0.1, -0.05) is 12.1 Å². The molecule has 3 amide bonds. The van der Waals surface area contributed by atoms with E-state index < -0.39 is 72.6 Å². The van der Waals surface area contributed by atoms with Gasteiger partial charge in [-0.05, 0) is 24.6 Å². The van der Waals surface area contributed by atoms with Gasteiger partial charge in [0.2, 0.25) is 17.7 Å². The monoisotopic (exact) mass is 482 g/mol. The Bertz CT molecular complexity index is 934. The Morgan fingerprint density at radius 1 is 0.794 bits per heavy atom. The van der Waals surface area contributed by atoms with E-state index in [4.69, 9.17) is 21.1 Å². The maximum Gasteiger partial charge on any atom is 0.325 e. The zero-order valence-corrected chi connectivity index (χ0v) is 18.1. The molecule has 0 heterocycles. The van der Waals surface area contributed by atoms with Gasteiger partial charge in [0.25, 0.3) is 0 Å². The van der Waals surface area contributed by atoms with Crippen molar-refractivity contribution in [1.82, 2.24) is 16.0 Å². The topological polar surface area (TPSA) is 245 Å². The van der Waals surface area contributed by atoms with Crippen LogP contribution in [0.15, 0.2) is 24.3 Å². The summed E-state index contributed by atoms with van der Waals surface area (Å²) in [6, 6.07) is -0.461. The minimum Gasteiger partial charge on any atom is -0.508 e. The molecule has 4 atom stereocenters. The fraction of sp³-hybridized carbons (Fsp3) is 0.400. The fourth-order valence-electron chi connectivity index (χ4n) is 2.67. The number of aliphatic carboxylic acids is 3. The number of phenolic OH excluding ortho intramolecular Hbond substituents is 1. The molecule has 186 valence electrons. The molecule has 14 heteroatoms. The molecule has 0 radical (unpaired) electrons. The van der Waals surface area contributed by atoms with Crippen LogP contribution in [0.1, 0.15) is 25.3 Å². The fourth-order valence-corrected chi connectivity index (χ4v) is 2.67. The normalized spacial score (nSPS) is 14.1. The van der Waals surface area contributed by atoms with Crippen molar-refractivity contribution in [3.05, 3.63) is 29.8 Å². The van der Waals surface area contributed by atoms with E-state index in [0.29, 0.717) is 5.56 Å². The van der Waals surface area contributed by atoms with Gasteiger partial charge in [0.05, 0.1) is 18.9 Å². The van der Waals surface area contributed by atoms with E-state index >= 15 is 0 Å². The minimum absolute atomic E-state index is 0.0667. The van der Waals surface area contributed by atoms with E-state index in [1.54, 1.807) is 0 Å². The van der Waals surface area contributed by atoms with Crippen molar-refractivity contribution in [2.24, 2.45) is 5.73 Å². The molecule has 14 nitrogen and oxygen atoms in total. The van der Waals surface area contributed by atoms with Crippen LogP contribution in [-0.4, -0.2) is 80.2 Å². The number of carboxylic acids is 3. The number of hydrogen-bond donors (Lipinski definition) is 8. The van der Waals surface area contributed by atoms with Crippen molar-refractivity contribution in [3.8, 4) is 5.75 Å². The van der Waals surface area contributed by atoms with Crippen LogP contribution in [0.5, 0.6) is 5.75 Å². The number of amides is 3. The van der Waals surface area contributed by atoms with Crippen LogP contribution in [0.4, 0.5) is 0 Å². The first-order valence-corrected chi connectivity index (χ1v) is 9.91. The predicted molar refractivity (Wildman–Crippen MR) is 113 cm³/mol. The summed E-state index contributed by atoms with van der Waals surface area (Å²) < 4.78 is 0. The van der Waals surface area contributed by atoms with Crippen molar-refractivity contribution in [2.45, 2.75) is 50.4 Å². The van der Waals surface area contributed by atoms with E-state index in [9.17, 15) is 33.9 Å². The number of benzene rings is 1. The zero-order valence-electron chi connectivity index (χ0n) is 18.1. The van der Waals surface area contributed by atoms with E-state index in [-0.39, 0.29) is 12.2 Å². The lowest BCUT2D eigenvalue weighted by Gasteiger charge is -2.24. The number of nitrogens with one attached hydrogen (secondary N) is 3. The lowest BCUT2D eigenvalue weighted by molar-refractivity contribution is -0.143. The number of carbonyl (C=O) groups excluding carboxylic acids is 3. The van der Waals surface area contributed by atoms with Gasteiger partial charge in [-0.2, -0.15) is 0 Å². The summed E-state index contributed by atoms with van der Waals surface area (Å²) in [7, 11) is 0. The Kier molecular flexibility index (Phi) is 10.4. The van der Waals surface area contributed by atoms with Crippen LogP contribution >= 0.6 is 0 Å². The van der Waals surface area contributed by atoms with Crippen LogP contribution in [-0.2, 0) is 35.2 Å². The van der Waals surface area contributed by atoms with Gasteiger partial charge >= 0.3 is 17.9 Å². The van der Waals surface area contributed by atoms with E-state index in [0.717, 1.165) is 6.92 Å². The lowest BCUT2D eigenvalue weighted by Crippen LogP contribution is -2.57. The Hall–Kier alpha value is -4.20. The second-order valence-corrected chi connectivity index (χ2v) is 7.36. The SMILES string of the molecule is CC(NC(=O)C(CC(=O)O)NC(=O)C(Cc1ccc(O)cc1)NC(=O)C(N)CC(=O)O)C(=O)O. The highest BCUT2D eigenvalue weighted by molar-refractivity contribution is 5.96. The molecule has 0 saturated carbocycles. The first-order chi connectivity index (χ1) is 15.8. The number of aromatic hydroxyl groups is 1. The van der Waals surface area contributed by atoms with Crippen LogP contribution < -0.4 is 21.7 Å². The van der Waals surface area contributed by atoms with Crippen LogP contribution in [0.2, 0.25) is 0 Å². The van der Waals surface area contributed by atoms with Gasteiger partial charge in [0.15, 0.2) is 0 Å². The highest BCUT2D eigenvalue weighted by atomic mass is 16.4. The van der Waals surface area contributed by atoms with Crippen molar-refractivity contribution in [1.29, 1.82) is 0 Å². The van der Waals surface area contributed by atoms with Crippen molar-refractivity contribution >= 4 is 35.6 Å². The van der Waals surface area contributed by atoms with Gasteiger partial charge in [-0.15, -0.1) is 0 Å². The molecule has 0 aliphatic carbocycles. The van der Waals surface area contributed by atoms with E-state index in [1.165, 1.54) is 24.3 Å². The average Bonchev–Trinajstić information content (AvgIpc) is 2.73. The third-order valence-electron chi connectivity index (χ3n) is 4.48. The largest absolute Gasteiger partial charge is 0.508 e. The summed E-state index contributed by atoms with van der Waals surface area (Å²) in [4.78, 5) is 70.5. The smallest absolute Gasteiger partial charge is 0.325 e. The van der Waals surface area contributed by atoms with Crippen molar-refractivity contribution in [2.75, 3.05) is 0 Å². The molecular formula is C20H26N4O10. The third kappa shape index (κ3) is 9.52. The van der Waals surface area contributed by atoms with Crippen molar-refractivity contribution in [3.63, 3.8) is 0 Å². The number of nitrogens with two attached hydrogens (primary N) is 1. The number of carboxylic acid groups (broad SMARTS) is 3. The molecule has 1 aromatic rings. The molecule has 9 N–H and O–H groups in total. The highest BCUT2D eigenvalue weighted by Gasteiger charge is 2.31.